The number of hydrogen-bond donors (Lipinski definition) is 1. The van der Waals surface area contributed by atoms with Crippen LogP contribution in [0.1, 0.15) is 26.3 Å². The van der Waals surface area contributed by atoms with E-state index in [1.54, 1.807) is 5.32 Å². The molecule has 238 valence electrons. The Balaban J connectivity index is 2.12. The third kappa shape index (κ3) is 6.72. The number of carbonyl (C=O) groups is 2. The van der Waals surface area contributed by atoms with Crippen molar-refractivity contribution in [3.63, 3.8) is 0 Å². The Morgan fingerprint density at radius 2 is 1.41 bits per heavy atom. The summed E-state index contributed by atoms with van der Waals surface area (Å²) in [5, 5.41) is 1.67. The normalized spacial score (nSPS) is 13.4. The minimum Gasteiger partial charge on any atom is -0.604 e. The molecular formula is C25H13F12IN2O3S. The molecule has 44 heavy (non-hydrogen) atoms. The summed E-state index contributed by atoms with van der Waals surface area (Å²) in [5.74, 6) is -4.71. The van der Waals surface area contributed by atoms with Crippen LogP contribution in [0, 0.1) is 15.2 Å². The predicted molar refractivity (Wildman–Crippen MR) is 140 cm³/mol. The second kappa shape index (κ2) is 12.3. The fraction of sp³-hybridized carbons (Fsp3) is 0.200. The van der Waals surface area contributed by atoms with Crippen LogP contribution in [0.3, 0.4) is 0 Å². The first-order valence-electron chi connectivity index (χ1n) is 11.3. The largest absolute Gasteiger partial charge is 0.604 e. The fourth-order valence-electron chi connectivity index (χ4n) is 3.69. The molecule has 0 aliphatic heterocycles. The smallest absolute Gasteiger partial charge is 0.578 e. The van der Waals surface area contributed by atoms with Crippen molar-refractivity contribution in [2.45, 2.75) is 28.4 Å². The molecule has 0 bridgehead atoms. The van der Waals surface area contributed by atoms with Gasteiger partial charge in [0.1, 0.15) is 22.7 Å². The van der Waals surface area contributed by atoms with Gasteiger partial charge in [-0.2, -0.15) is 26.3 Å². The number of hydrogen-bond acceptors (Lipinski definition) is 3. The molecule has 1 atom stereocenters. The van der Waals surface area contributed by atoms with Gasteiger partial charge in [-0.15, -0.1) is 13.2 Å². The molecule has 3 aromatic rings. The van der Waals surface area contributed by atoms with E-state index in [-0.39, 0.29) is 11.6 Å². The summed E-state index contributed by atoms with van der Waals surface area (Å²) in [6.07, 6.45) is -13.5. The molecule has 3 rings (SSSR count). The van der Waals surface area contributed by atoms with Gasteiger partial charge in [-0.1, -0.05) is 6.07 Å². The molecule has 3 aromatic carbocycles. The minimum absolute atomic E-state index is 0.126. The van der Waals surface area contributed by atoms with E-state index in [0.717, 1.165) is 72.1 Å². The number of anilines is 2. The van der Waals surface area contributed by atoms with E-state index in [9.17, 15) is 62.4 Å². The number of carbonyl (C=O) groups excluding carboxylic acids is 2. The highest BCUT2D eigenvalue weighted by Crippen LogP contribution is 2.54. The molecule has 0 aliphatic carbocycles. The summed E-state index contributed by atoms with van der Waals surface area (Å²) in [4.78, 5) is 24.4. The second-order valence-electron chi connectivity index (χ2n) is 8.66. The molecule has 0 fully saturated rings. The summed E-state index contributed by atoms with van der Waals surface area (Å²) in [6.45, 7) is 0. The lowest BCUT2D eigenvalue weighted by Gasteiger charge is -2.31. The molecule has 2 amide bonds. The quantitative estimate of drug-likeness (QED) is 0.157. The van der Waals surface area contributed by atoms with Crippen LogP contribution in [0.2, 0.25) is 0 Å². The van der Waals surface area contributed by atoms with Crippen LogP contribution >= 0.6 is 22.6 Å². The Hall–Kier alpha value is -3.20. The highest BCUT2D eigenvalue weighted by atomic mass is 127. The molecule has 0 heterocycles. The van der Waals surface area contributed by atoms with Crippen molar-refractivity contribution >= 4 is 57.0 Å². The van der Waals surface area contributed by atoms with E-state index < -0.39 is 95.2 Å². The summed E-state index contributed by atoms with van der Waals surface area (Å²) < 4.78 is 174. The van der Waals surface area contributed by atoms with Crippen LogP contribution in [0.4, 0.5) is 64.1 Å². The topological polar surface area (TPSA) is 72.5 Å². The zero-order valence-electron chi connectivity index (χ0n) is 21.2. The van der Waals surface area contributed by atoms with Gasteiger partial charge in [0.15, 0.2) is 10.7 Å². The molecule has 0 spiro atoms. The average Bonchev–Trinajstić information content (AvgIpc) is 2.91. The van der Waals surface area contributed by atoms with Crippen LogP contribution in [0.5, 0.6) is 0 Å². The van der Waals surface area contributed by atoms with E-state index >= 15 is 4.39 Å². The number of rotatable bonds is 6. The number of benzene rings is 3. The molecule has 1 N–H and O–H groups in total. The second-order valence-corrected chi connectivity index (χ2v) is 11.3. The zero-order valence-corrected chi connectivity index (χ0v) is 24.2. The Morgan fingerprint density at radius 3 is 1.91 bits per heavy atom. The first kappa shape index (κ1) is 35.3. The molecule has 0 aromatic heterocycles. The van der Waals surface area contributed by atoms with Crippen molar-refractivity contribution in [3.05, 3.63) is 86.5 Å². The van der Waals surface area contributed by atoms with Crippen LogP contribution in [-0.4, -0.2) is 41.3 Å². The van der Waals surface area contributed by atoms with Gasteiger partial charge in [0.2, 0.25) is 0 Å². The lowest BCUT2D eigenvalue weighted by molar-refractivity contribution is -0.348. The molecule has 19 heteroatoms. The molecule has 5 nitrogen and oxygen atoms in total. The lowest BCUT2D eigenvalue weighted by atomic mass is 9.94. The Bertz CT molecular complexity index is 1560. The zero-order chi connectivity index (χ0) is 33.6. The van der Waals surface area contributed by atoms with Crippen molar-refractivity contribution in [3.8, 4) is 0 Å². The number of halogens is 13. The SMILES string of the molecule is CN(C(=O)c1ccc(F)cc1)c1cccc(C(=O)Nc2c(I)cc(C(F)(C(F)(F)F)C(F)(F)F)cc2[S+]([O-])C(F)(F)F)c1F. The summed E-state index contributed by atoms with van der Waals surface area (Å²) in [7, 11) is 1.04. The van der Waals surface area contributed by atoms with Gasteiger partial charge in [-0.25, -0.2) is 13.2 Å². The summed E-state index contributed by atoms with van der Waals surface area (Å²) in [5.41, 5.74) is -17.4. The highest BCUT2D eigenvalue weighted by Gasteiger charge is 2.74. The van der Waals surface area contributed by atoms with Gasteiger partial charge in [-0.05, 0) is 65.1 Å². The fourth-order valence-corrected chi connectivity index (χ4v) is 5.46. The van der Waals surface area contributed by atoms with E-state index in [1.165, 1.54) is 0 Å². The van der Waals surface area contributed by atoms with Gasteiger partial charge in [0, 0.05) is 27.8 Å². The molecular weight excluding hydrogens is 763 g/mol. The monoisotopic (exact) mass is 776 g/mol. The Morgan fingerprint density at radius 1 is 0.864 bits per heavy atom. The van der Waals surface area contributed by atoms with Gasteiger partial charge >= 0.3 is 23.5 Å². The third-order valence-electron chi connectivity index (χ3n) is 5.86. The van der Waals surface area contributed by atoms with E-state index in [0.29, 0.717) is 4.90 Å². The molecule has 1 unspecified atom stereocenters. The first-order valence-corrected chi connectivity index (χ1v) is 13.5. The Kier molecular flexibility index (Phi) is 9.86. The van der Waals surface area contributed by atoms with Crippen molar-refractivity contribution in [2.75, 3.05) is 17.3 Å². The maximum absolute atomic E-state index is 15.4. The minimum atomic E-state index is -6.74. The molecule has 0 saturated heterocycles. The van der Waals surface area contributed by atoms with Crippen molar-refractivity contribution < 1.29 is 66.8 Å². The van der Waals surface area contributed by atoms with E-state index in [1.807, 2.05) is 0 Å². The summed E-state index contributed by atoms with van der Waals surface area (Å²) in [6, 6.07) is 5.94. The van der Waals surface area contributed by atoms with Crippen LogP contribution in [-0.2, 0) is 16.8 Å². The predicted octanol–water partition coefficient (Wildman–Crippen LogP) is 8.02. The maximum atomic E-state index is 15.4. The summed E-state index contributed by atoms with van der Waals surface area (Å²) >= 11 is -3.56. The van der Waals surface area contributed by atoms with Gasteiger partial charge in [0.25, 0.3) is 11.8 Å². The maximum Gasteiger partial charge on any atom is 0.578 e. The highest BCUT2D eigenvalue weighted by molar-refractivity contribution is 14.1. The molecule has 0 aliphatic rings. The lowest BCUT2D eigenvalue weighted by Crippen LogP contribution is -2.50. The standard InChI is InChI=1S/C25H13F12IN2O3S/c1-40(21(42)11-5-7-13(26)8-6-11)16-4-2-3-14(18(16)27)20(41)39-19-15(38)9-12(10-17(19)44(43)25(35,36)37)22(28,23(29,30)31)24(32,33)34/h2-10H,1H3,(H,39,41). The molecule has 0 radical (unpaired) electrons. The van der Waals surface area contributed by atoms with Gasteiger partial charge in [0.05, 0.1) is 11.3 Å². The Labute approximate surface area is 255 Å². The number of alkyl halides is 10. The van der Waals surface area contributed by atoms with Crippen molar-refractivity contribution in [1.82, 2.24) is 0 Å². The van der Waals surface area contributed by atoms with Gasteiger partial charge in [-0.3, -0.25) is 9.59 Å². The van der Waals surface area contributed by atoms with Crippen LogP contribution in [0.15, 0.2) is 59.5 Å². The third-order valence-corrected chi connectivity index (χ3v) is 7.85. The molecule has 0 saturated carbocycles. The first-order chi connectivity index (χ1) is 20.0. The van der Waals surface area contributed by atoms with E-state index in [2.05, 4.69) is 0 Å². The van der Waals surface area contributed by atoms with Crippen molar-refractivity contribution in [2.24, 2.45) is 0 Å². The number of amides is 2. The van der Waals surface area contributed by atoms with Crippen LogP contribution in [0.25, 0.3) is 0 Å². The van der Waals surface area contributed by atoms with Gasteiger partial charge < -0.3 is 14.8 Å². The number of nitrogens with zero attached hydrogens (tertiary/aromatic N) is 1. The number of nitrogens with one attached hydrogen (secondary N) is 1. The van der Waals surface area contributed by atoms with E-state index in [4.69, 9.17) is 0 Å². The van der Waals surface area contributed by atoms with Crippen molar-refractivity contribution in [1.29, 1.82) is 0 Å². The van der Waals surface area contributed by atoms with Crippen LogP contribution < -0.4 is 10.2 Å². The average molecular weight is 776 g/mol.